The van der Waals surface area contributed by atoms with Gasteiger partial charge in [-0.1, -0.05) is 36.5 Å². The van der Waals surface area contributed by atoms with Gasteiger partial charge in [-0.15, -0.1) is 10.2 Å². The van der Waals surface area contributed by atoms with Crippen molar-refractivity contribution in [3.05, 3.63) is 79.6 Å². The van der Waals surface area contributed by atoms with Crippen LogP contribution in [-0.4, -0.2) is 29.1 Å². The fourth-order valence-corrected chi connectivity index (χ4v) is 5.83. The highest BCUT2D eigenvalue weighted by Crippen LogP contribution is 2.53. The number of aromatic nitrogens is 2. The normalized spacial score (nSPS) is 18.9. The van der Waals surface area contributed by atoms with Crippen LogP contribution in [0.3, 0.4) is 0 Å². The second-order valence-corrected chi connectivity index (χ2v) is 9.67. The molecule has 34 heavy (non-hydrogen) atoms. The van der Waals surface area contributed by atoms with Crippen LogP contribution in [0.5, 0.6) is 0 Å². The highest BCUT2D eigenvalue weighted by Gasteiger charge is 2.66. The van der Waals surface area contributed by atoms with E-state index < -0.39 is 22.8 Å². The molecule has 0 N–H and O–H groups in total. The maximum Gasteiger partial charge on any atom is 0.297 e. The molecule has 2 aromatic heterocycles. The van der Waals surface area contributed by atoms with E-state index in [4.69, 9.17) is 4.42 Å². The van der Waals surface area contributed by atoms with E-state index in [0.29, 0.717) is 28.6 Å². The van der Waals surface area contributed by atoms with Crippen LogP contribution < -0.4 is 15.2 Å². The van der Waals surface area contributed by atoms with Crippen LogP contribution in [0.15, 0.2) is 45.6 Å². The molecule has 1 unspecified atom stereocenters. The molecule has 2 aliphatic rings. The molecule has 170 valence electrons. The van der Waals surface area contributed by atoms with Crippen molar-refractivity contribution in [1.29, 1.82) is 0 Å². The quantitative estimate of drug-likeness (QED) is 0.441. The van der Waals surface area contributed by atoms with Crippen molar-refractivity contribution in [2.45, 2.75) is 32.7 Å². The summed E-state index contributed by atoms with van der Waals surface area (Å²) in [5, 5.41) is 9.72. The number of amides is 2. The van der Waals surface area contributed by atoms with E-state index in [-0.39, 0.29) is 16.5 Å². The fourth-order valence-electron chi connectivity index (χ4n) is 5.00. The molecule has 0 bridgehead atoms. The van der Waals surface area contributed by atoms with Crippen LogP contribution >= 0.6 is 11.3 Å². The first-order chi connectivity index (χ1) is 16.3. The molecule has 6 rings (SSSR count). The van der Waals surface area contributed by atoms with Crippen molar-refractivity contribution >= 4 is 44.9 Å². The Morgan fingerprint density at radius 1 is 1.06 bits per heavy atom. The largest absolute Gasteiger partial charge is 0.450 e. The van der Waals surface area contributed by atoms with Gasteiger partial charge < -0.3 is 9.32 Å². The van der Waals surface area contributed by atoms with E-state index >= 15 is 0 Å². The number of para-hydroxylation sites is 1. The molecule has 4 heterocycles. The van der Waals surface area contributed by atoms with Gasteiger partial charge in [-0.2, -0.15) is 0 Å². The number of carbonyl (C=O) groups is 2. The summed E-state index contributed by atoms with van der Waals surface area (Å²) in [6.45, 7) is 5.76. The molecular weight excluding hydrogens is 452 g/mol. The predicted molar refractivity (Wildman–Crippen MR) is 129 cm³/mol. The van der Waals surface area contributed by atoms with E-state index in [2.05, 4.69) is 10.2 Å². The number of hydrogen-bond acceptors (Lipinski definition) is 7. The zero-order chi connectivity index (χ0) is 23.9. The SMILES string of the molecule is CCc1nnc(N2C(=O)c3oc4cc(C)c(C)cc4c(=O)c3C23C(=O)N(C)c2ccccc23)s1. The zero-order valence-corrected chi connectivity index (χ0v) is 19.8. The monoisotopic (exact) mass is 472 g/mol. The first-order valence-electron chi connectivity index (χ1n) is 10.9. The van der Waals surface area contributed by atoms with Gasteiger partial charge in [0.15, 0.2) is 11.0 Å². The maximum absolute atomic E-state index is 14.1. The number of fused-ring (bicyclic) bond motifs is 5. The number of nitrogens with zero attached hydrogens (tertiary/aromatic N) is 4. The molecule has 0 saturated carbocycles. The summed E-state index contributed by atoms with van der Waals surface area (Å²) in [7, 11) is 1.64. The van der Waals surface area contributed by atoms with Gasteiger partial charge in [-0.3, -0.25) is 19.3 Å². The van der Waals surface area contributed by atoms with Gasteiger partial charge in [0.25, 0.3) is 11.8 Å². The third-order valence-corrected chi connectivity index (χ3v) is 7.87. The lowest BCUT2D eigenvalue weighted by Crippen LogP contribution is -2.53. The summed E-state index contributed by atoms with van der Waals surface area (Å²) in [6.07, 6.45) is 0.629. The van der Waals surface area contributed by atoms with Crippen molar-refractivity contribution < 1.29 is 14.0 Å². The van der Waals surface area contributed by atoms with Crippen LogP contribution in [0.2, 0.25) is 0 Å². The minimum absolute atomic E-state index is 0.0308. The van der Waals surface area contributed by atoms with Crippen molar-refractivity contribution in [3.63, 3.8) is 0 Å². The molecule has 0 saturated heterocycles. The van der Waals surface area contributed by atoms with Gasteiger partial charge in [0.1, 0.15) is 10.6 Å². The molecule has 4 aromatic rings. The average molecular weight is 473 g/mol. The minimum atomic E-state index is -1.71. The van der Waals surface area contributed by atoms with Gasteiger partial charge in [-0.25, -0.2) is 0 Å². The summed E-state index contributed by atoms with van der Waals surface area (Å²) in [5.41, 5.74) is 1.26. The lowest BCUT2D eigenvalue weighted by Gasteiger charge is -2.31. The van der Waals surface area contributed by atoms with E-state index in [0.717, 1.165) is 16.1 Å². The standard InChI is InChI=1S/C25H20N4O4S/c1-5-18-26-27-24(34-18)29-22(31)21-19(20(30)14-10-12(2)13(3)11-17(14)33-21)25(29)15-8-6-7-9-16(15)28(4)23(25)32/h6-11H,5H2,1-4H3. The first-order valence-corrected chi connectivity index (χ1v) is 11.8. The zero-order valence-electron chi connectivity index (χ0n) is 19.0. The van der Waals surface area contributed by atoms with Gasteiger partial charge in [0.2, 0.25) is 10.9 Å². The van der Waals surface area contributed by atoms with E-state index in [9.17, 15) is 14.4 Å². The molecule has 1 atom stereocenters. The predicted octanol–water partition coefficient (Wildman–Crippen LogP) is 3.70. The van der Waals surface area contributed by atoms with Gasteiger partial charge in [0.05, 0.1) is 10.9 Å². The number of anilines is 2. The molecular formula is C25H20N4O4S. The number of hydrogen-bond donors (Lipinski definition) is 0. The van der Waals surface area contributed by atoms with Crippen LogP contribution in [0.25, 0.3) is 11.0 Å². The Morgan fingerprint density at radius 2 is 1.79 bits per heavy atom. The Labute approximate surface area is 198 Å². The summed E-state index contributed by atoms with van der Waals surface area (Å²) < 4.78 is 6.10. The van der Waals surface area contributed by atoms with E-state index in [1.807, 2.05) is 26.8 Å². The summed E-state index contributed by atoms with van der Waals surface area (Å²) >= 11 is 1.23. The molecule has 0 fully saturated rings. The number of aryl methyl sites for hydroxylation is 3. The van der Waals surface area contributed by atoms with E-state index in [1.54, 1.807) is 37.4 Å². The Morgan fingerprint density at radius 3 is 2.53 bits per heavy atom. The molecule has 1 spiro atoms. The van der Waals surface area contributed by atoms with Crippen LogP contribution in [0, 0.1) is 13.8 Å². The molecule has 2 amide bonds. The van der Waals surface area contributed by atoms with E-state index in [1.165, 1.54) is 21.1 Å². The third kappa shape index (κ3) is 2.34. The lowest BCUT2D eigenvalue weighted by atomic mass is 9.84. The summed E-state index contributed by atoms with van der Waals surface area (Å²) in [5.74, 6) is -1.12. The Balaban J connectivity index is 1.78. The fraction of sp³-hybridized carbons (Fsp3) is 0.240. The maximum atomic E-state index is 14.1. The van der Waals surface area contributed by atoms with Crippen molar-refractivity contribution in [2.24, 2.45) is 0 Å². The lowest BCUT2D eigenvalue weighted by molar-refractivity contribution is -0.121. The topological polar surface area (TPSA) is 96.6 Å². The Kier molecular flexibility index (Phi) is 4.17. The van der Waals surface area contributed by atoms with Crippen LogP contribution in [0.4, 0.5) is 10.8 Å². The molecule has 9 heteroatoms. The van der Waals surface area contributed by atoms with Gasteiger partial charge in [0, 0.05) is 18.3 Å². The molecule has 0 radical (unpaired) electrons. The number of rotatable bonds is 2. The minimum Gasteiger partial charge on any atom is -0.450 e. The van der Waals surface area contributed by atoms with Crippen molar-refractivity contribution in [2.75, 3.05) is 16.8 Å². The Bertz CT molecular complexity index is 1620. The average Bonchev–Trinajstić information content (AvgIpc) is 3.46. The summed E-state index contributed by atoms with van der Waals surface area (Å²) in [6, 6.07) is 10.7. The highest BCUT2D eigenvalue weighted by molar-refractivity contribution is 7.15. The first kappa shape index (κ1) is 20.7. The third-order valence-electron chi connectivity index (χ3n) is 6.82. The number of benzene rings is 2. The van der Waals surface area contributed by atoms with Crippen molar-refractivity contribution in [3.8, 4) is 0 Å². The van der Waals surface area contributed by atoms with Crippen LogP contribution in [-0.2, 0) is 16.8 Å². The van der Waals surface area contributed by atoms with Crippen LogP contribution in [0.1, 0.15) is 44.7 Å². The highest BCUT2D eigenvalue weighted by atomic mass is 32.1. The van der Waals surface area contributed by atoms with Gasteiger partial charge in [-0.05, 0) is 49.6 Å². The summed E-state index contributed by atoms with van der Waals surface area (Å²) in [4.78, 5) is 44.8. The second-order valence-electron chi connectivity index (χ2n) is 8.63. The smallest absolute Gasteiger partial charge is 0.297 e. The number of likely N-dealkylation sites (N-methyl/N-ethyl adjacent to an activating group) is 1. The molecule has 8 nitrogen and oxygen atoms in total. The number of carbonyl (C=O) groups excluding carboxylic acids is 2. The van der Waals surface area contributed by atoms with Crippen molar-refractivity contribution in [1.82, 2.24) is 10.2 Å². The van der Waals surface area contributed by atoms with Gasteiger partial charge >= 0.3 is 0 Å². The second kappa shape index (κ2) is 6.83. The molecule has 2 aromatic carbocycles. The molecule has 2 aliphatic heterocycles. The molecule has 0 aliphatic carbocycles. The Hall–Kier alpha value is -3.85.